The van der Waals surface area contributed by atoms with Crippen molar-refractivity contribution in [3.8, 4) is 0 Å². The Kier molecular flexibility index (Phi) is 3.55. The first-order valence-corrected chi connectivity index (χ1v) is 6.31. The monoisotopic (exact) mass is 239 g/mol. The zero-order valence-electron chi connectivity index (χ0n) is 9.62. The number of benzene rings is 1. The van der Waals surface area contributed by atoms with Gasteiger partial charge in [0.15, 0.2) is 0 Å². The van der Waals surface area contributed by atoms with Gasteiger partial charge in [-0.3, -0.25) is 0 Å². The molecule has 1 saturated carbocycles. The standard InChI is InChI=1S/C13H18FNS/c1-15(9-13(10-16)5-6-13)8-11-3-2-4-12(14)7-11/h2-4,7,16H,5-6,8-10H2,1H3. The Morgan fingerprint density at radius 2 is 2.19 bits per heavy atom. The lowest BCUT2D eigenvalue weighted by molar-refractivity contribution is 0.270. The number of thiol groups is 1. The summed E-state index contributed by atoms with van der Waals surface area (Å²) in [5, 5.41) is 0. The second-order valence-electron chi connectivity index (χ2n) is 4.96. The molecule has 0 radical (unpaired) electrons. The third-order valence-corrected chi connectivity index (χ3v) is 3.91. The summed E-state index contributed by atoms with van der Waals surface area (Å²) in [6.07, 6.45) is 2.56. The summed E-state index contributed by atoms with van der Waals surface area (Å²) in [7, 11) is 2.09. The van der Waals surface area contributed by atoms with Crippen molar-refractivity contribution in [3.05, 3.63) is 35.6 Å². The average Bonchev–Trinajstić information content (AvgIpc) is 2.98. The van der Waals surface area contributed by atoms with E-state index < -0.39 is 0 Å². The van der Waals surface area contributed by atoms with E-state index in [-0.39, 0.29) is 5.82 Å². The van der Waals surface area contributed by atoms with E-state index in [1.807, 2.05) is 6.07 Å². The van der Waals surface area contributed by atoms with E-state index in [0.29, 0.717) is 5.41 Å². The van der Waals surface area contributed by atoms with E-state index in [9.17, 15) is 4.39 Å². The Morgan fingerprint density at radius 3 is 2.75 bits per heavy atom. The predicted molar refractivity (Wildman–Crippen MR) is 68.3 cm³/mol. The maximum absolute atomic E-state index is 13.0. The molecule has 0 bridgehead atoms. The quantitative estimate of drug-likeness (QED) is 0.773. The minimum atomic E-state index is -0.152. The van der Waals surface area contributed by atoms with Gasteiger partial charge < -0.3 is 4.90 Å². The molecule has 0 aliphatic heterocycles. The average molecular weight is 239 g/mol. The zero-order chi connectivity index (χ0) is 11.6. The third kappa shape index (κ3) is 2.98. The molecule has 0 amide bonds. The molecule has 0 aromatic heterocycles. The van der Waals surface area contributed by atoms with Gasteiger partial charge in [0.2, 0.25) is 0 Å². The highest BCUT2D eigenvalue weighted by Gasteiger charge is 2.41. The van der Waals surface area contributed by atoms with Crippen molar-refractivity contribution >= 4 is 12.6 Å². The third-order valence-electron chi connectivity index (χ3n) is 3.24. The van der Waals surface area contributed by atoms with Crippen LogP contribution >= 0.6 is 12.6 Å². The molecule has 0 spiro atoms. The first kappa shape index (κ1) is 11.9. The fourth-order valence-corrected chi connectivity index (χ4v) is 2.53. The first-order chi connectivity index (χ1) is 7.63. The van der Waals surface area contributed by atoms with Crippen molar-refractivity contribution in [2.45, 2.75) is 19.4 Å². The maximum Gasteiger partial charge on any atom is 0.123 e. The molecule has 1 aliphatic carbocycles. The van der Waals surface area contributed by atoms with Gasteiger partial charge in [-0.2, -0.15) is 12.6 Å². The van der Waals surface area contributed by atoms with Crippen molar-refractivity contribution in [2.75, 3.05) is 19.3 Å². The largest absolute Gasteiger partial charge is 0.302 e. The van der Waals surface area contributed by atoms with E-state index in [1.54, 1.807) is 12.1 Å². The molecule has 0 atom stereocenters. The minimum absolute atomic E-state index is 0.152. The summed E-state index contributed by atoms with van der Waals surface area (Å²) >= 11 is 4.39. The number of hydrogen-bond acceptors (Lipinski definition) is 2. The van der Waals surface area contributed by atoms with Crippen LogP contribution in [0.3, 0.4) is 0 Å². The maximum atomic E-state index is 13.0. The Hall–Kier alpha value is -0.540. The van der Waals surface area contributed by atoms with E-state index in [4.69, 9.17) is 0 Å². The van der Waals surface area contributed by atoms with Crippen LogP contribution in [0.5, 0.6) is 0 Å². The summed E-state index contributed by atoms with van der Waals surface area (Å²) in [4.78, 5) is 2.26. The van der Waals surface area contributed by atoms with Gasteiger partial charge in [-0.15, -0.1) is 0 Å². The van der Waals surface area contributed by atoms with Gasteiger partial charge >= 0.3 is 0 Å². The molecule has 0 heterocycles. The highest BCUT2D eigenvalue weighted by molar-refractivity contribution is 7.80. The number of halogens is 1. The van der Waals surface area contributed by atoms with Crippen LogP contribution in [0.1, 0.15) is 18.4 Å². The van der Waals surface area contributed by atoms with Crippen LogP contribution in [0.15, 0.2) is 24.3 Å². The van der Waals surface area contributed by atoms with Gasteiger partial charge in [-0.25, -0.2) is 4.39 Å². The highest BCUT2D eigenvalue weighted by Crippen LogP contribution is 2.46. The molecule has 3 heteroatoms. The smallest absolute Gasteiger partial charge is 0.123 e. The molecule has 0 unspecified atom stereocenters. The SMILES string of the molecule is CN(Cc1cccc(F)c1)CC1(CS)CC1. The van der Waals surface area contributed by atoms with E-state index >= 15 is 0 Å². The van der Waals surface area contributed by atoms with Crippen molar-refractivity contribution in [2.24, 2.45) is 5.41 Å². The minimum Gasteiger partial charge on any atom is -0.302 e. The van der Waals surface area contributed by atoms with Crippen LogP contribution in [0.2, 0.25) is 0 Å². The molecule has 0 N–H and O–H groups in total. The van der Waals surface area contributed by atoms with Crippen molar-refractivity contribution in [3.63, 3.8) is 0 Å². The molecule has 88 valence electrons. The van der Waals surface area contributed by atoms with E-state index in [2.05, 4.69) is 24.6 Å². The van der Waals surface area contributed by atoms with Crippen LogP contribution in [0.25, 0.3) is 0 Å². The van der Waals surface area contributed by atoms with Crippen LogP contribution in [0, 0.1) is 11.2 Å². The Balaban J connectivity index is 1.89. The number of nitrogens with zero attached hydrogens (tertiary/aromatic N) is 1. The molecule has 1 aliphatic rings. The fraction of sp³-hybridized carbons (Fsp3) is 0.538. The van der Waals surface area contributed by atoms with Gasteiger partial charge in [0.05, 0.1) is 0 Å². The lowest BCUT2D eigenvalue weighted by Crippen LogP contribution is -2.27. The Bertz CT molecular complexity index is 363. The molecule has 2 rings (SSSR count). The fourth-order valence-electron chi connectivity index (χ4n) is 2.12. The van der Waals surface area contributed by atoms with Crippen LogP contribution in [-0.2, 0) is 6.54 Å². The lowest BCUT2D eigenvalue weighted by atomic mass is 10.1. The topological polar surface area (TPSA) is 3.24 Å². The van der Waals surface area contributed by atoms with Gasteiger partial charge in [0.25, 0.3) is 0 Å². The lowest BCUT2D eigenvalue weighted by Gasteiger charge is -2.22. The second kappa shape index (κ2) is 4.76. The Labute approximate surface area is 102 Å². The summed E-state index contributed by atoms with van der Waals surface area (Å²) in [6.45, 7) is 1.88. The van der Waals surface area contributed by atoms with Gasteiger partial charge in [-0.1, -0.05) is 12.1 Å². The number of rotatable bonds is 5. The molecular formula is C13H18FNS. The van der Waals surface area contributed by atoms with E-state index in [0.717, 1.165) is 24.4 Å². The normalized spacial score (nSPS) is 17.8. The highest BCUT2D eigenvalue weighted by atomic mass is 32.1. The number of hydrogen-bond donors (Lipinski definition) is 1. The molecule has 16 heavy (non-hydrogen) atoms. The molecular weight excluding hydrogens is 221 g/mol. The van der Waals surface area contributed by atoms with Crippen LogP contribution in [-0.4, -0.2) is 24.2 Å². The summed E-state index contributed by atoms with van der Waals surface area (Å²) in [5.74, 6) is 0.807. The van der Waals surface area contributed by atoms with Crippen molar-refractivity contribution in [1.29, 1.82) is 0 Å². The summed E-state index contributed by atoms with van der Waals surface area (Å²) < 4.78 is 13.0. The molecule has 1 aromatic carbocycles. The van der Waals surface area contributed by atoms with Crippen LogP contribution in [0.4, 0.5) is 4.39 Å². The molecule has 0 saturated heterocycles. The van der Waals surface area contributed by atoms with Crippen LogP contribution < -0.4 is 0 Å². The van der Waals surface area contributed by atoms with E-state index in [1.165, 1.54) is 18.9 Å². The van der Waals surface area contributed by atoms with Crippen molar-refractivity contribution in [1.82, 2.24) is 4.90 Å². The second-order valence-corrected chi connectivity index (χ2v) is 5.28. The molecule has 1 nitrogen and oxygen atoms in total. The van der Waals surface area contributed by atoms with Gasteiger partial charge in [0.1, 0.15) is 5.82 Å². The van der Waals surface area contributed by atoms with Crippen molar-refractivity contribution < 1.29 is 4.39 Å². The zero-order valence-corrected chi connectivity index (χ0v) is 10.5. The van der Waals surface area contributed by atoms with Gasteiger partial charge in [0, 0.05) is 13.1 Å². The predicted octanol–water partition coefficient (Wildman–Crippen LogP) is 2.97. The molecule has 1 fully saturated rings. The van der Waals surface area contributed by atoms with Gasteiger partial charge in [-0.05, 0) is 48.8 Å². The summed E-state index contributed by atoms with van der Waals surface area (Å²) in [6, 6.07) is 6.83. The summed E-state index contributed by atoms with van der Waals surface area (Å²) in [5.41, 5.74) is 1.48. The Morgan fingerprint density at radius 1 is 1.44 bits per heavy atom. The molecule has 1 aromatic rings. The first-order valence-electron chi connectivity index (χ1n) is 5.67.